The molecule has 1 unspecified atom stereocenters. The predicted octanol–water partition coefficient (Wildman–Crippen LogP) is 0.636. The molecule has 3 rings (SSSR count). The number of hydrogen-bond acceptors (Lipinski definition) is 7. The highest BCUT2D eigenvalue weighted by Crippen LogP contribution is 2.41. The molecule has 2 atom stereocenters. The van der Waals surface area contributed by atoms with E-state index < -0.39 is 41.8 Å². The van der Waals surface area contributed by atoms with Crippen molar-refractivity contribution in [3.8, 4) is 11.5 Å². The average Bonchev–Trinajstić information content (AvgIpc) is 2.70. The third kappa shape index (κ3) is 4.31. The Morgan fingerprint density at radius 1 is 1.30 bits per heavy atom. The van der Waals surface area contributed by atoms with Gasteiger partial charge in [0, 0.05) is 5.75 Å². The second kappa shape index (κ2) is 8.84. The van der Waals surface area contributed by atoms with Crippen LogP contribution in [0.15, 0.2) is 28.9 Å². The second-order valence-corrected chi connectivity index (χ2v) is 7.92. The number of carboxylic acids is 2. The number of carbonyl (C=O) groups is 4. The van der Waals surface area contributed by atoms with Crippen LogP contribution < -0.4 is 14.8 Å². The number of rotatable bonds is 8. The Morgan fingerprint density at radius 3 is 2.67 bits per heavy atom. The maximum Gasteiger partial charge on any atom is 0.353 e. The Hall–Kier alpha value is -2.92. The molecule has 12 heteroatoms. The molecule has 2 amide bonds. The maximum absolute atomic E-state index is 12.4. The molecule has 30 heavy (non-hydrogen) atoms. The summed E-state index contributed by atoms with van der Waals surface area (Å²) in [4.78, 5) is 47.9. The van der Waals surface area contributed by atoms with Crippen molar-refractivity contribution in [2.24, 2.45) is 0 Å². The minimum Gasteiger partial charge on any atom is -0.493 e. The Kier molecular flexibility index (Phi) is 6.42. The van der Waals surface area contributed by atoms with Gasteiger partial charge in [-0.3, -0.25) is 14.5 Å². The molecule has 1 aromatic rings. The Labute approximate surface area is 179 Å². The van der Waals surface area contributed by atoms with E-state index in [1.54, 1.807) is 6.07 Å². The normalized spacial score (nSPS) is 20.2. The molecule has 10 nitrogen and oxygen atoms in total. The third-order valence-electron chi connectivity index (χ3n) is 4.38. The van der Waals surface area contributed by atoms with Crippen molar-refractivity contribution in [2.75, 3.05) is 19.5 Å². The van der Waals surface area contributed by atoms with Crippen LogP contribution >= 0.6 is 23.4 Å². The minimum atomic E-state index is -1.29. The summed E-state index contributed by atoms with van der Waals surface area (Å²) >= 11 is 7.19. The van der Waals surface area contributed by atoms with Gasteiger partial charge in [0.1, 0.15) is 17.1 Å². The van der Waals surface area contributed by atoms with Crippen LogP contribution in [0.3, 0.4) is 0 Å². The molecule has 0 spiro atoms. The first-order valence-corrected chi connectivity index (χ1v) is 10.0. The summed E-state index contributed by atoms with van der Waals surface area (Å²) in [6.07, 6.45) is -0.0703. The highest BCUT2D eigenvalue weighted by molar-refractivity contribution is 8.00. The molecule has 2 aliphatic heterocycles. The van der Waals surface area contributed by atoms with E-state index in [1.807, 2.05) is 0 Å². The van der Waals surface area contributed by atoms with E-state index in [2.05, 4.69) is 5.32 Å². The fraction of sp³-hybridized carbons (Fsp3) is 0.333. The third-order valence-corrected chi connectivity index (χ3v) is 6.14. The summed E-state index contributed by atoms with van der Waals surface area (Å²) in [5, 5.41) is 20.1. The molecule has 1 saturated heterocycles. The van der Waals surface area contributed by atoms with Gasteiger partial charge >= 0.3 is 11.9 Å². The van der Waals surface area contributed by atoms with Gasteiger partial charge in [0.25, 0.3) is 5.91 Å². The van der Waals surface area contributed by atoms with Crippen molar-refractivity contribution >= 4 is 47.1 Å². The number of β-lactam (4-membered cyclic amide) rings is 1. The zero-order chi connectivity index (χ0) is 22.0. The molecule has 160 valence electrons. The van der Waals surface area contributed by atoms with E-state index in [4.69, 9.17) is 26.2 Å². The molecule has 1 fully saturated rings. The van der Waals surface area contributed by atoms with Crippen molar-refractivity contribution < 1.29 is 38.9 Å². The Balaban J connectivity index is 1.63. The number of nitrogens with zero attached hydrogens (tertiary/aromatic N) is 1. The van der Waals surface area contributed by atoms with Crippen LogP contribution in [0.5, 0.6) is 11.5 Å². The highest BCUT2D eigenvalue weighted by Gasteiger charge is 2.54. The van der Waals surface area contributed by atoms with Crippen LogP contribution in [0.4, 0.5) is 0 Å². The largest absolute Gasteiger partial charge is 0.493 e. The number of carboxylic acid groups (broad SMARTS) is 2. The number of hydrogen-bond donors (Lipinski definition) is 3. The number of benzene rings is 1. The number of aliphatic carboxylic acids is 2. The second-order valence-electron chi connectivity index (χ2n) is 6.36. The fourth-order valence-corrected chi connectivity index (χ4v) is 4.62. The van der Waals surface area contributed by atoms with Gasteiger partial charge in [0.05, 0.1) is 18.6 Å². The topological polar surface area (TPSA) is 142 Å². The molecule has 2 aliphatic rings. The Morgan fingerprint density at radius 2 is 2.03 bits per heavy atom. The standard InChI is InChI=1S/C18H17ClN2O8S/c1-28-11-4-8(2-3-10(11)29-6-13(23)24)5-12(22)20-14-16(25)21-15(18(26)27)9(19)7-30-17(14)21/h2-4,14,17H,5-7H2,1H3,(H,20,22)(H,23,24)(H,26,27)/t14?,17-/m0/s1. The first kappa shape index (κ1) is 21.8. The molecule has 0 radical (unpaired) electrons. The lowest BCUT2D eigenvalue weighted by atomic mass is 10.0. The summed E-state index contributed by atoms with van der Waals surface area (Å²) in [5.41, 5.74) is 0.304. The summed E-state index contributed by atoms with van der Waals surface area (Å²) < 4.78 is 10.3. The minimum absolute atomic E-state index is 0.0703. The van der Waals surface area contributed by atoms with E-state index in [1.165, 1.54) is 31.0 Å². The van der Waals surface area contributed by atoms with E-state index in [9.17, 15) is 24.3 Å². The smallest absolute Gasteiger partial charge is 0.353 e. The number of carbonyl (C=O) groups excluding carboxylic acids is 2. The predicted molar refractivity (Wildman–Crippen MR) is 105 cm³/mol. The van der Waals surface area contributed by atoms with Gasteiger partial charge in [-0.25, -0.2) is 9.59 Å². The number of fused-ring (bicyclic) bond motifs is 1. The van der Waals surface area contributed by atoms with Gasteiger partial charge < -0.3 is 25.0 Å². The SMILES string of the molecule is COc1cc(CC(=O)NC2C(=O)N3C(C(=O)O)=C(Cl)CS[C@@H]23)ccc1OCC(=O)O. The van der Waals surface area contributed by atoms with Gasteiger partial charge in [-0.1, -0.05) is 17.7 Å². The summed E-state index contributed by atoms with van der Waals surface area (Å²) in [7, 11) is 1.38. The van der Waals surface area contributed by atoms with Crippen LogP contribution in [0.25, 0.3) is 0 Å². The first-order valence-electron chi connectivity index (χ1n) is 8.60. The van der Waals surface area contributed by atoms with Gasteiger partial charge in [0.15, 0.2) is 18.1 Å². The number of methoxy groups -OCH3 is 1. The zero-order valence-electron chi connectivity index (χ0n) is 15.6. The number of nitrogens with one attached hydrogen (secondary N) is 1. The van der Waals surface area contributed by atoms with Gasteiger partial charge in [-0.05, 0) is 17.7 Å². The lowest BCUT2D eigenvalue weighted by Crippen LogP contribution is -2.70. The molecule has 0 aliphatic carbocycles. The number of thioether (sulfide) groups is 1. The fourth-order valence-electron chi connectivity index (χ4n) is 3.07. The molecular formula is C18H17ClN2O8S. The summed E-state index contributed by atoms with van der Waals surface area (Å²) in [6.45, 7) is -0.535. The van der Waals surface area contributed by atoms with Crippen molar-refractivity contribution in [3.05, 3.63) is 34.5 Å². The summed E-state index contributed by atoms with van der Waals surface area (Å²) in [5.74, 6) is -2.68. The maximum atomic E-state index is 12.4. The van der Waals surface area contributed by atoms with E-state index in [0.29, 0.717) is 5.56 Å². The van der Waals surface area contributed by atoms with Crippen molar-refractivity contribution in [1.29, 1.82) is 0 Å². The number of halogens is 1. The van der Waals surface area contributed by atoms with Crippen LogP contribution in [0.2, 0.25) is 0 Å². The number of ether oxygens (including phenoxy) is 2. The zero-order valence-corrected chi connectivity index (χ0v) is 17.2. The van der Waals surface area contributed by atoms with Crippen molar-refractivity contribution in [1.82, 2.24) is 10.2 Å². The van der Waals surface area contributed by atoms with Crippen molar-refractivity contribution in [3.63, 3.8) is 0 Å². The lowest BCUT2D eigenvalue weighted by molar-refractivity contribution is -0.150. The van der Waals surface area contributed by atoms with Crippen LogP contribution in [0.1, 0.15) is 5.56 Å². The summed E-state index contributed by atoms with van der Waals surface area (Å²) in [6, 6.07) is 3.76. The molecule has 3 N–H and O–H groups in total. The van der Waals surface area contributed by atoms with Crippen molar-refractivity contribution in [2.45, 2.75) is 17.8 Å². The monoisotopic (exact) mass is 456 g/mol. The first-order chi connectivity index (χ1) is 14.2. The van der Waals surface area contributed by atoms with E-state index in [-0.39, 0.29) is 34.4 Å². The highest BCUT2D eigenvalue weighted by atomic mass is 35.5. The van der Waals surface area contributed by atoms with E-state index >= 15 is 0 Å². The molecule has 0 saturated carbocycles. The van der Waals surface area contributed by atoms with Crippen LogP contribution in [0, 0.1) is 0 Å². The molecule has 1 aromatic carbocycles. The van der Waals surface area contributed by atoms with Crippen LogP contribution in [-0.2, 0) is 25.6 Å². The van der Waals surface area contributed by atoms with Gasteiger partial charge in [-0.15, -0.1) is 11.8 Å². The number of amides is 2. The quantitative estimate of drug-likeness (QED) is 0.480. The molecule has 2 heterocycles. The molecule has 0 aromatic heterocycles. The molecular weight excluding hydrogens is 440 g/mol. The average molecular weight is 457 g/mol. The van der Waals surface area contributed by atoms with Gasteiger partial charge in [0.2, 0.25) is 5.91 Å². The molecule has 0 bridgehead atoms. The lowest BCUT2D eigenvalue weighted by Gasteiger charge is -2.48. The van der Waals surface area contributed by atoms with Gasteiger partial charge in [-0.2, -0.15) is 0 Å². The Bertz CT molecular complexity index is 950. The van der Waals surface area contributed by atoms with Crippen LogP contribution in [-0.4, -0.2) is 69.8 Å². The van der Waals surface area contributed by atoms with E-state index in [0.717, 1.165) is 4.90 Å².